The molecule has 1 unspecified atom stereocenters. The van der Waals surface area contributed by atoms with Gasteiger partial charge in [-0.2, -0.15) is 11.8 Å². The van der Waals surface area contributed by atoms with Gasteiger partial charge in [-0.15, -0.1) is 0 Å². The Balaban J connectivity index is 3.35. The van der Waals surface area contributed by atoms with E-state index in [0.29, 0.717) is 5.33 Å². The molecule has 0 radical (unpaired) electrons. The van der Waals surface area contributed by atoms with Gasteiger partial charge in [-0.05, 0) is 12.7 Å². The summed E-state index contributed by atoms with van der Waals surface area (Å²) in [5.74, 6) is 2.17. The summed E-state index contributed by atoms with van der Waals surface area (Å²) < 4.78 is 0. The van der Waals surface area contributed by atoms with Crippen molar-refractivity contribution in [2.75, 3.05) is 16.8 Å². The van der Waals surface area contributed by atoms with Gasteiger partial charge in [0.25, 0.3) is 0 Å². The largest absolute Gasteiger partial charge is 0.352 e. The molecule has 11 heavy (non-hydrogen) atoms. The van der Waals surface area contributed by atoms with E-state index in [-0.39, 0.29) is 11.9 Å². The van der Waals surface area contributed by atoms with E-state index in [1.165, 1.54) is 0 Å². The summed E-state index contributed by atoms with van der Waals surface area (Å²) in [5, 5.41) is 3.25. The molecule has 4 heteroatoms. The molecule has 0 saturated heterocycles. The lowest BCUT2D eigenvalue weighted by Crippen LogP contribution is -2.34. The summed E-state index contributed by atoms with van der Waals surface area (Å²) in [4.78, 5) is 10.8. The number of thioether (sulfide) groups is 1. The summed E-state index contributed by atoms with van der Waals surface area (Å²) >= 11 is 4.93. The van der Waals surface area contributed by atoms with Crippen LogP contribution in [0.25, 0.3) is 0 Å². The average Bonchev–Trinajstić information content (AvgIpc) is 2.00. The van der Waals surface area contributed by atoms with Crippen molar-refractivity contribution in [3.8, 4) is 0 Å². The Morgan fingerprint density at radius 2 is 2.36 bits per heavy atom. The molecule has 0 saturated carbocycles. The molecule has 0 aliphatic carbocycles. The molecule has 0 aliphatic rings. The highest BCUT2D eigenvalue weighted by molar-refractivity contribution is 9.09. The van der Waals surface area contributed by atoms with Crippen LogP contribution in [0.15, 0.2) is 0 Å². The van der Waals surface area contributed by atoms with E-state index in [0.717, 1.165) is 11.5 Å². The van der Waals surface area contributed by atoms with Crippen molar-refractivity contribution < 1.29 is 4.79 Å². The minimum absolute atomic E-state index is 0.0641. The smallest absolute Gasteiger partial charge is 0.230 e. The molecule has 0 heterocycles. The van der Waals surface area contributed by atoms with Crippen LogP contribution in [0, 0.1) is 0 Å². The van der Waals surface area contributed by atoms with Gasteiger partial charge < -0.3 is 5.32 Å². The first kappa shape index (κ1) is 11.3. The molecule has 0 aromatic rings. The molecule has 0 spiro atoms. The zero-order valence-corrected chi connectivity index (χ0v) is 9.30. The molecule has 0 aliphatic heterocycles. The molecule has 0 fully saturated rings. The molecule has 0 aromatic carbocycles. The Bertz CT molecular complexity index is 121. The monoisotopic (exact) mass is 239 g/mol. The summed E-state index contributed by atoms with van der Waals surface area (Å²) in [6.07, 6.45) is 0. The van der Waals surface area contributed by atoms with E-state index in [4.69, 9.17) is 0 Å². The lowest BCUT2D eigenvalue weighted by molar-refractivity contribution is -0.118. The first-order chi connectivity index (χ1) is 5.20. The SMILES string of the molecule is CCSCC(C)NC(=O)CBr. The Kier molecular flexibility index (Phi) is 7.17. The molecule has 1 N–H and O–H groups in total. The highest BCUT2D eigenvalue weighted by Crippen LogP contribution is 2.00. The number of hydrogen-bond donors (Lipinski definition) is 1. The lowest BCUT2D eigenvalue weighted by Gasteiger charge is -2.11. The van der Waals surface area contributed by atoms with Gasteiger partial charge in [-0.1, -0.05) is 22.9 Å². The minimum atomic E-state index is 0.0641. The first-order valence-corrected chi connectivity index (χ1v) is 5.91. The third-order valence-corrected chi connectivity index (χ3v) is 2.75. The van der Waals surface area contributed by atoms with Gasteiger partial charge in [0.2, 0.25) is 5.91 Å². The van der Waals surface area contributed by atoms with Crippen LogP contribution in [-0.2, 0) is 4.79 Å². The topological polar surface area (TPSA) is 29.1 Å². The van der Waals surface area contributed by atoms with Crippen LogP contribution in [0.5, 0.6) is 0 Å². The summed E-state index contributed by atoms with van der Waals surface area (Å²) in [6.45, 7) is 4.13. The van der Waals surface area contributed by atoms with Crippen molar-refractivity contribution in [3.63, 3.8) is 0 Å². The predicted molar refractivity (Wildman–Crippen MR) is 54.4 cm³/mol. The van der Waals surface area contributed by atoms with E-state index in [9.17, 15) is 4.79 Å². The number of hydrogen-bond acceptors (Lipinski definition) is 2. The standard InChI is InChI=1S/C7H14BrNOS/c1-3-11-5-6(2)9-7(10)4-8/h6H,3-5H2,1-2H3,(H,9,10). The second-order valence-electron chi connectivity index (χ2n) is 2.26. The summed E-state index contributed by atoms with van der Waals surface area (Å²) in [5.41, 5.74) is 0. The van der Waals surface area contributed by atoms with E-state index < -0.39 is 0 Å². The maximum absolute atomic E-state index is 10.8. The third kappa shape index (κ3) is 6.69. The fourth-order valence-corrected chi connectivity index (χ4v) is 1.48. The molecule has 2 nitrogen and oxygen atoms in total. The second kappa shape index (κ2) is 6.98. The van der Waals surface area contributed by atoms with Crippen LogP contribution in [0.2, 0.25) is 0 Å². The molecule has 0 bridgehead atoms. The van der Waals surface area contributed by atoms with Crippen LogP contribution in [0.1, 0.15) is 13.8 Å². The highest BCUT2D eigenvalue weighted by Gasteiger charge is 2.04. The number of rotatable bonds is 5. The number of nitrogens with one attached hydrogen (secondary N) is 1. The average molecular weight is 240 g/mol. The maximum atomic E-state index is 10.8. The van der Waals surface area contributed by atoms with Crippen LogP contribution >= 0.6 is 27.7 Å². The fourth-order valence-electron chi connectivity index (χ4n) is 0.650. The first-order valence-electron chi connectivity index (χ1n) is 3.63. The van der Waals surface area contributed by atoms with Gasteiger partial charge in [0.15, 0.2) is 0 Å². The zero-order chi connectivity index (χ0) is 8.69. The Morgan fingerprint density at radius 1 is 1.73 bits per heavy atom. The van der Waals surface area contributed by atoms with Gasteiger partial charge in [0.05, 0.1) is 5.33 Å². The number of carbonyl (C=O) groups is 1. The molecule has 0 rings (SSSR count). The molecular weight excluding hydrogens is 226 g/mol. The van der Waals surface area contributed by atoms with Crippen molar-refractivity contribution in [2.45, 2.75) is 19.9 Å². The van der Waals surface area contributed by atoms with Crippen molar-refractivity contribution in [3.05, 3.63) is 0 Å². The Labute approximate surface area is 80.6 Å². The van der Waals surface area contributed by atoms with E-state index in [1.54, 1.807) is 0 Å². The quantitative estimate of drug-likeness (QED) is 0.740. The van der Waals surface area contributed by atoms with E-state index in [2.05, 4.69) is 28.2 Å². The molecule has 1 atom stereocenters. The normalized spacial score (nSPS) is 12.6. The van der Waals surface area contributed by atoms with Gasteiger partial charge in [0.1, 0.15) is 0 Å². The third-order valence-electron chi connectivity index (χ3n) is 1.10. The van der Waals surface area contributed by atoms with E-state index >= 15 is 0 Å². The van der Waals surface area contributed by atoms with Crippen molar-refractivity contribution in [2.24, 2.45) is 0 Å². The summed E-state index contributed by atoms with van der Waals surface area (Å²) in [7, 11) is 0. The Morgan fingerprint density at radius 3 is 2.82 bits per heavy atom. The number of amides is 1. The number of halogens is 1. The molecular formula is C7H14BrNOS. The molecule has 0 aromatic heterocycles. The Hall–Kier alpha value is 0.300. The predicted octanol–water partition coefficient (Wildman–Crippen LogP) is 1.64. The number of alkyl halides is 1. The fraction of sp³-hybridized carbons (Fsp3) is 0.857. The van der Waals surface area contributed by atoms with Gasteiger partial charge >= 0.3 is 0 Å². The number of carbonyl (C=O) groups excluding carboxylic acids is 1. The van der Waals surface area contributed by atoms with Crippen molar-refractivity contribution >= 4 is 33.6 Å². The van der Waals surface area contributed by atoms with Crippen LogP contribution < -0.4 is 5.32 Å². The maximum Gasteiger partial charge on any atom is 0.230 e. The van der Waals surface area contributed by atoms with Crippen molar-refractivity contribution in [1.29, 1.82) is 0 Å². The molecule has 1 amide bonds. The van der Waals surface area contributed by atoms with Gasteiger partial charge in [0, 0.05) is 11.8 Å². The minimum Gasteiger partial charge on any atom is -0.352 e. The van der Waals surface area contributed by atoms with Crippen LogP contribution in [0.4, 0.5) is 0 Å². The summed E-state index contributed by atoms with van der Waals surface area (Å²) in [6, 6.07) is 0.282. The van der Waals surface area contributed by atoms with Gasteiger partial charge in [-0.25, -0.2) is 0 Å². The lowest BCUT2D eigenvalue weighted by atomic mass is 10.4. The zero-order valence-electron chi connectivity index (χ0n) is 6.89. The van der Waals surface area contributed by atoms with Crippen LogP contribution in [-0.4, -0.2) is 28.8 Å². The second-order valence-corrected chi connectivity index (χ2v) is 4.14. The van der Waals surface area contributed by atoms with Gasteiger partial charge in [-0.3, -0.25) is 4.79 Å². The highest BCUT2D eigenvalue weighted by atomic mass is 79.9. The van der Waals surface area contributed by atoms with E-state index in [1.807, 2.05) is 18.7 Å². The molecule has 66 valence electrons. The van der Waals surface area contributed by atoms with Crippen LogP contribution in [0.3, 0.4) is 0 Å². The van der Waals surface area contributed by atoms with Crippen molar-refractivity contribution in [1.82, 2.24) is 5.32 Å².